The van der Waals surface area contributed by atoms with Gasteiger partial charge >= 0.3 is 0 Å². The quantitative estimate of drug-likeness (QED) is 0.486. The van der Waals surface area contributed by atoms with Gasteiger partial charge in [0.25, 0.3) is 0 Å². The van der Waals surface area contributed by atoms with Crippen LogP contribution in [-0.2, 0) is 0 Å². The van der Waals surface area contributed by atoms with Gasteiger partial charge in [-0.2, -0.15) is 0 Å². The summed E-state index contributed by atoms with van der Waals surface area (Å²) in [6.07, 6.45) is 1.57. The Morgan fingerprint density at radius 1 is 1.38 bits per heavy atom. The standard InChI is InChI=1S/C6H6F2/c1-3-6(8)4-5(2)7/h3-4H,1-2H2. The Morgan fingerprint density at radius 3 is 2.00 bits per heavy atom. The topological polar surface area (TPSA) is 0 Å². The zero-order valence-electron chi connectivity index (χ0n) is 4.32. The lowest BCUT2D eigenvalue weighted by molar-refractivity contribution is 0.633. The summed E-state index contributed by atoms with van der Waals surface area (Å²) in [5.41, 5.74) is 0. The fourth-order valence-corrected chi connectivity index (χ4v) is 0.209. The van der Waals surface area contributed by atoms with Gasteiger partial charge in [-0.3, -0.25) is 0 Å². The Hall–Kier alpha value is -0.920. The second kappa shape index (κ2) is 3.13. The van der Waals surface area contributed by atoms with Crippen molar-refractivity contribution < 1.29 is 8.78 Å². The highest BCUT2D eigenvalue weighted by Crippen LogP contribution is 2.02. The van der Waals surface area contributed by atoms with Crippen molar-refractivity contribution in [3.8, 4) is 0 Å². The van der Waals surface area contributed by atoms with Crippen molar-refractivity contribution in [2.45, 2.75) is 0 Å². The molecule has 0 rings (SSSR count). The summed E-state index contributed by atoms with van der Waals surface area (Å²) in [5.74, 6) is -1.51. The van der Waals surface area contributed by atoms with Crippen molar-refractivity contribution in [1.29, 1.82) is 0 Å². The highest BCUT2D eigenvalue weighted by molar-refractivity contribution is 5.17. The molecular weight excluding hydrogens is 110 g/mol. The first-order chi connectivity index (χ1) is 3.66. The van der Waals surface area contributed by atoms with Crippen LogP contribution in [0.15, 0.2) is 37.0 Å². The van der Waals surface area contributed by atoms with Crippen molar-refractivity contribution in [1.82, 2.24) is 0 Å². The highest BCUT2D eigenvalue weighted by Gasteiger charge is 1.85. The predicted octanol–water partition coefficient (Wildman–Crippen LogP) is 2.51. The van der Waals surface area contributed by atoms with Gasteiger partial charge in [-0.15, -0.1) is 0 Å². The fourth-order valence-electron chi connectivity index (χ4n) is 0.209. The van der Waals surface area contributed by atoms with E-state index < -0.39 is 11.7 Å². The molecule has 0 N–H and O–H groups in total. The third-order valence-corrected chi connectivity index (χ3v) is 0.490. The Balaban J connectivity index is 3.94. The van der Waals surface area contributed by atoms with Gasteiger partial charge in [0.2, 0.25) is 0 Å². The summed E-state index contributed by atoms with van der Waals surface area (Å²) >= 11 is 0. The van der Waals surface area contributed by atoms with E-state index in [0.29, 0.717) is 6.08 Å². The molecular formula is C6H6F2. The Kier molecular flexibility index (Phi) is 2.77. The number of halogens is 2. The Labute approximate surface area is 46.8 Å². The van der Waals surface area contributed by atoms with Crippen LogP contribution in [0.1, 0.15) is 0 Å². The normalized spacial score (nSPS) is 11.0. The van der Waals surface area contributed by atoms with Gasteiger partial charge in [0.15, 0.2) is 0 Å². The molecule has 0 radical (unpaired) electrons. The van der Waals surface area contributed by atoms with Crippen molar-refractivity contribution in [2.24, 2.45) is 0 Å². The molecule has 8 heavy (non-hydrogen) atoms. The van der Waals surface area contributed by atoms with Gasteiger partial charge in [-0.25, -0.2) is 8.78 Å². The van der Waals surface area contributed by atoms with Gasteiger partial charge in [-0.1, -0.05) is 13.2 Å². The van der Waals surface area contributed by atoms with Crippen LogP contribution < -0.4 is 0 Å². The van der Waals surface area contributed by atoms with Crippen LogP contribution in [0.4, 0.5) is 8.78 Å². The van der Waals surface area contributed by atoms with Crippen molar-refractivity contribution in [3.05, 3.63) is 37.0 Å². The molecule has 44 valence electrons. The molecule has 0 saturated carbocycles. The number of allylic oxidation sites excluding steroid dienone is 4. The van der Waals surface area contributed by atoms with Gasteiger partial charge < -0.3 is 0 Å². The van der Waals surface area contributed by atoms with E-state index in [1.807, 2.05) is 0 Å². The van der Waals surface area contributed by atoms with Gasteiger partial charge in [-0.05, 0) is 6.08 Å². The molecule has 0 heterocycles. The van der Waals surface area contributed by atoms with Crippen LogP contribution in [-0.4, -0.2) is 0 Å². The molecule has 0 unspecified atom stereocenters. The van der Waals surface area contributed by atoms with Gasteiger partial charge in [0.1, 0.15) is 11.7 Å². The first-order valence-electron chi connectivity index (χ1n) is 2.01. The molecule has 0 saturated heterocycles. The van der Waals surface area contributed by atoms with Crippen molar-refractivity contribution >= 4 is 0 Å². The number of hydrogen-bond donors (Lipinski definition) is 0. The lowest BCUT2D eigenvalue weighted by Gasteiger charge is -1.80. The predicted molar refractivity (Wildman–Crippen MR) is 29.6 cm³/mol. The molecule has 0 aromatic carbocycles. The van der Waals surface area contributed by atoms with E-state index in [9.17, 15) is 8.78 Å². The number of hydrogen-bond acceptors (Lipinski definition) is 0. The Morgan fingerprint density at radius 2 is 1.88 bits per heavy atom. The minimum absolute atomic E-state index is 0.660. The molecule has 0 aliphatic heterocycles. The lowest BCUT2D eigenvalue weighted by Crippen LogP contribution is -1.63. The second-order valence-electron chi connectivity index (χ2n) is 1.18. The van der Waals surface area contributed by atoms with E-state index >= 15 is 0 Å². The maximum Gasteiger partial charge on any atom is 0.125 e. The smallest absolute Gasteiger partial charge is 0.125 e. The summed E-state index contributed by atoms with van der Waals surface area (Å²) < 4.78 is 23.4. The third-order valence-electron chi connectivity index (χ3n) is 0.490. The third kappa shape index (κ3) is 3.28. The van der Waals surface area contributed by atoms with Gasteiger partial charge in [0.05, 0.1) is 0 Å². The van der Waals surface area contributed by atoms with Gasteiger partial charge in [0, 0.05) is 6.08 Å². The molecule has 0 aromatic rings. The SMILES string of the molecule is C=CC(F)=CC(=C)F. The van der Waals surface area contributed by atoms with Crippen molar-refractivity contribution in [3.63, 3.8) is 0 Å². The summed E-state index contributed by atoms with van der Waals surface area (Å²) in [7, 11) is 0. The maximum absolute atomic E-state index is 11.8. The summed E-state index contributed by atoms with van der Waals surface area (Å²) in [4.78, 5) is 0. The minimum Gasteiger partial charge on any atom is -0.208 e. The molecule has 0 amide bonds. The lowest BCUT2D eigenvalue weighted by atomic mass is 10.4. The van der Waals surface area contributed by atoms with E-state index in [1.165, 1.54) is 0 Å². The van der Waals surface area contributed by atoms with E-state index in [0.717, 1.165) is 6.08 Å². The fraction of sp³-hybridized carbons (Fsp3) is 0. The highest BCUT2D eigenvalue weighted by atomic mass is 19.1. The first-order valence-corrected chi connectivity index (χ1v) is 2.01. The summed E-state index contributed by atoms with van der Waals surface area (Å²) in [5, 5.41) is 0. The second-order valence-corrected chi connectivity index (χ2v) is 1.18. The molecule has 0 fully saturated rings. The molecule has 0 aliphatic carbocycles. The first kappa shape index (κ1) is 7.08. The minimum atomic E-state index is -0.803. The van der Waals surface area contributed by atoms with Crippen LogP contribution >= 0.6 is 0 Å². The zero-order chi connectivity index (χ0) is 6.57. The molecule has 0 bridgehead atoms. The average molecular weight is 116 g/mol. The van der Waals surface area contributed by atoms with Crippen LogP contribution in [0, 0.1) is 0 Å². The van der Waals surface area contributed by atoms with E-state index in [4.69, 9.17) is 0 Å². The van der Waals surface area contributed by atoms with Crippen molar-refractivity contribution in [2.75, 3.05) is 0 Å². The van der Waals surface area contributed by atoms with Crippen LogP contribution in [0.3, 0.4) is 0 Å². The molecule has 0 aromatic heterocycles. The largest absolute Gasteiger partial charge is 0.208 e. The monoisotopic (exact) mass is 116 g/mol. The molecule has 0 aliphatic rings. The van der Waals surface area contributed by atoms with E-state index in [1.54, 1.807) is 0 Å². The Bertz CT molecular complexity index is 133. The number of rotatable bonds is 2. The van der Waals surface area contributed by atoms with E-state index in [2.05, 4.69) is 13.2 Å². The maximum atomic E-state index is 11.8. The van der Waals surface area contributed by atoms with Crippen LogP contribution in [0.25, 0.3) is 0 Å². The summed E-state index contributed by atoms with van der Waals surface area (Å²) in [6.45, 7) is 5.87. The summed E-state index contributed by atoms with van der Waals surface area (Å²) in [6, 6.07) is 0. The van der Waals surface area contributed by atoms with E-state index in [-0.39, 0.29) is 0 Å². The zero-order valence-corrected chi connectivity index (χ0v) is 4.32. The van der Waals surface area contributed by atoms with Crippen LogP contribution in [0.5, 0.6) is 0 Å². The molecule has 0 atom stereocenters. The van der Waals surface area contributed by atoms with Crippen LogP contribution in [0.2, 0.25) is 0 Å². The average Bonchev–Trinajstić information content (AvgIpc) is 1.65. The molecule has 0 spiro atoms. The molecule has 0 nitrogen and oxygen atoms in total. The molecule has 2 heteroatoms.